The quantitative estimate of drug-likeness (QED) is 0.189. The molecule has 60 heavy (non-hydrogen) atoms. The lowest BCUT2D eigenvalue weighted by molar-refractivity contribution is -0.318. The number of carbonyl (C=O) groups excluding carboxylic acids is 2. The molecular weight excluding hydrogens is 780 g/mol. The Morgan fingerprint density at radius 2 is 1.60 bits per heavy atom. The van der Waals surface area contributed by atoms with Crippen molar-refractivity contribution >= 4 is 11.9 Å². The van der Waals surface area contributed by atoms with E-state index in [4.69, 9.17) is 33.2 Å². The molecule has 4 fully saturated rings. The van der Waals surface area contributed by atoms with Gasteiger partial charge in [0.05, 0.1) is 54.1 Å². The number of aliphatic hydroxyl groups is 5. The van der Waals surface area contributed by atoms with Crippen LogP contribution in [-0.2, 0) is 42.7 Å². The van der Waals surface area contributed by atoms with E-state index in [1.54, 1.807) is 48.5 Å². The Bertz CT molecular complexity index is 1400. The van der Waals surface area contributed by atoms with Gasteiger partial charge in [-0.25, -0.2) is 0 Å². The average molecular weight is 861 g/mol. The fourth-order valence-corrected chi connectivity index (χ4v) is 10.2. The van der Waals surface area contributed by atoms with Crippen molar-refractivity contribution in [3.63, 3.8) is 0 Å². The normalized spacial score (nSPS) is 47.9. The van der Waals surface area contributed by atoms with Crippen molar-refractivity contribution < 1.29 is 68.3 Å². The molecule has 350 valence electrons. The Balaban J connectivity index is 1.75. The van der Waals surface area contributed by atoms with Crippen molar-refractivity contribution in [2.24, 2.45) is 29.6 Å². The fourth-order valence-electron chi connectivity index (χ4n) is 10.2. The van der Waals surface area contributed by atoms with Crippen LogP contribution in [0.15, 0.2) is 0 Å². The van der Waals surface area contributed by atoms with E-state index >= 15 is 0 Å². The molecule has 1 aliphatic carbocycles. The van der Waals surface area contributed by atoms with Crippen molar-refractivity contribution in [1.82, 2.24) is 9.80 Å². The number of aliphatic hydroxyl groups excluding tert-OH is 3. The average Bonchev–Trinajstić information content (AvgIpc) is 3.95. The number of ether oxygens (including phenoxy) is 7. The molecule has 5 N–H and O–H groups in total. The highest BCUT2D eigenvalue weighted by Crippen LogP contribution is 2.43. The van der Waals surface area contributed by atoms with Gasteiger partial charge in [-0.2, -0.15) is 0 Å². The van der Waals surface area contributed by atoms with Gasteiger partial charge < -0.3 is 68.5 Å². The first kappa shape index (κ1) is 51.1. The van der Waals surface area contributed by atoms with Crippen molar-refractivity contribution in [3.05, 3.63) is 0 Å². The van der Waals surface area contributed by atoms with Crippen LogP contribution in [0.25, 0.3) is 0 Å². The summed E-state index contributed by atoms with van der Waals surface area (Å²) < 4.78 is 43.2. The molecule has 20 atom stereocenters. The van der Waals surface area contributed by atoms with Gasteiger partial charge >= 0.3 is 11.9 Å². The van der Waals surface area contributed by atoms with Crippen LogP contribution in [0.3, 0.4) is 0 Å². The molecule has 3 saturated heterocycles. The second-order valence-electron chi connectivity index (χ2n) is 19.5. The van der Waals surface area contributed by atoms with Crippen LogP contribution < -0.4 is 0 Å². The molecule has 0 aromatic rings. The van der Waals surface area contributed by atoms with Crippen molar-refractivity contribution in [2.75, 3.05) is 40.9 Å². The summed E-state index contributed by atoms with van der Waals surface area (Å²) in [7, 11) is 5.25. The molecule has 0 unspecified atom stereocenters. The van der Waals surface area contributed by atoms with E-state index in [0.717, 1.165) is 6.42 Å². The molecule has 0 aromatic carbocycles. The number of nitrogens with zero attached hydrogens (tertiary/aromatic N) is 2. The van der Waals surface area contributed by atoms with Gasteiger partial charge in [0.2, 0.25) is 0 Å². The van der Waals surface area contributed by atoms with Gasteiger partial charge in [-0.3, -0.25) is 9.59 Å². The number of hydrogen-bond donors (Lipinski definition) is 5. The van der Waals surface area contributed by atoms with Crippen LogP contribution in [0, 0.1) is 29.6 Å². The Labute approximate surface area is 358 Å². The van der Waals surface area contributed by atoms with Crippen LogP contribution in [0.2, 0.25) is 0 Å². The molecule has 0 aromatic heterocycles. The van der Waals surface area contributed by atoms with Gasteiger partial charge in [-0.15, -0.1) is 0 Å². The van der Waals surface area contributed by atoms with Crippen LogP contribution >= 0.6 is 0 Å². The number of hydrogen-bond acceptors (Lipinski definition) is 16. The Morgan fingerprint density at radius 1 is 0.950 bits per heavy atom. The third-order valence-electron chi connectivity index (χ3n) is 14.1. The minimum atomic E-state index is -1.83. The molecule has 0 bridgehead atoms. The van der Waals surface area contributed by atoms with Crippen molar-refractivity contribution in [1.29, 1.82) is 0 Å². The van der Waals surface area contributed by atoms with E-state index in [2.05, 4.69) is 0 Å². The lowest BCUT2D eigenvalue weighted by Gasteiger charge is -2.49. The van der Waals surface area contributed by atoms with Gasteiger partial charge in [0.15, 0.2) is 12.6 Å². The molecule has 0 radical (unpaired) electrons. The van der Waals surface area contributed by atoms with Crippen LogP contribution in [0.5, 0.6) is 0 Å². The zero-order valence-electron chi connectivity index (χ0n) is 38.8. The molecule has 16 nitrogen and oxygen atoms in total. The molecule has 3 heterocycles. The van der Waals surface area contributed by atoms with Gasteiger partial charge in [0.1, 0.15) is 30.0 Å². The molecule has 1 saturated carbocycles. The molecule has 0 spiro atoms. The highest BCUT2D eigenvalue weighted by atomic mass is 16.7. The number of cyclic esters (lactones) is 1. The smallest absolute Gasteiger partial charge is 0.311 e. The lowest BCUT2D eigenvalue weighted by atomic mass is 9.77. The predicted molar refractivity (Wildman–Crippen MR) is 221 cm³/mol. The number of methoxy groups -OCH3 is 1. The van der Waals surface area contributed by atoms with Gasteiger partial charge in [-0.05, 0) is 107 Å². The van der Waals surface area contributed by atoms with Gasteiger partial charge in [0, 0.05) is 44.6 Å². The Morgan fingerprint density at radius 3 is 2.20 bits per heavy atom. The summed E-state index contributed by atoms with van der Waals surface area (Å²) in [6, 6.07) is -0.967. The zero-order valence-corrected chi connectivity index (χ0v) is 38.8. The van der Waals surface area contributed by atoms with E-state index in [1.165, 1.54) is 14.0 Å². The predicted octanol–water partition coefficient (Wildman–Crippen LogP) is 2.47. The summed E-state index contributed by atoms with van der Waals surface area (Å²) in [6.07, 6.45) is -8.19. The minimum Gasteiger partial charge on any atom is -0.466 e. The Hall–Kier alpha value is -1.54. The first-order chi connectivity index (χ1) is 27.8. The van der Waals surface area contributed by atoms with E-state index < -0.39 is 102 Å². The monoisotopic (exact) mass is 861 g/mol. The zero-order chi connectivity index (χ0) is 45.2. The summed E-state index contributed by atoms with van der Waals surface area (Å²) >= 11 is 0. The van der Waals surface area contributed by atoms with Crippen LogP contribution in [-0.4, -0.2) is 178 Å². The highest BCUT2D eigenvalue weighted by Gasteiger charge is 2.53. The van der Waals surface area contributed by atoms with Crippen LogP contribution in [0.1, 0.15) is 108 Å². The number of likely N-dealkylation sites (N-methyl/N-ethyl adjacent to an activating group) is 2. The number of carbonyl (C=O) groups is 2. The molecule has 3 aliphatic heterocycles. The van der Waals surface area contributed by atoms with E-state index in [9.17, 15) is 35.1 Å². The maximum absolute atomic E-state index is 14.4. The number of rotatable bonds is 11. The summed E-state index contributed by atoms with van der Waals surface area (Å²) in [5.41, 5.74) is -4.49. The summed E-state index contributed by atoms with van der Waals surface area (Å²) in [5, 5.41) is 59.1. The summed E-state index contributed by atoms with van der Waals surface area (Å²) in [5.74, 6) is -3.01. The van der Waals surface area contributed by atoms with E-state index in [1.807, 2.05) is 44.7 Å². The highest BCUT2D eigenvalue weighted by molar-refractivity contribution is 5.75. The second kappa shape index (κ2) is 20.5. The molecule has 4 rings (SSSR count). The van der Waals surface area contributed by atoms with E-state index in [0.29, 0.717) is 26.1 Å². The molecular formula is C44H80N2O14. The van der Waals surface area contributed by atoms with Gasteiger partial charge in [-0.1, -0.05) is 20.8 Å². The van der Waals surface area contributed by atoms with Crippen molar-refractivity contribution in [2.45, 2.75) is 199 Å². The standard InChI is InChI=1S/C44H80N2O14/c1-15-32-44(11,53)36(48)27(7)45(12)21-23(3)19-42(9,52)38(25(5)35(26(6)39(50)58-32)59-33-20-43(10,54-14)37(49)28(8)57-33)60-41-34(47)31(17-24(4)56-41)46(13)22-29-18-30(29)40(51)55-16-2/h23-38,41,47-49,52-53H,15-22H2,1-14H3/t23-,24-,25+,26-,27-,28+,29+,30-,31+,32-,33+,34-,35+,36-,37+,38-,41+,42-,43-,44-/m1/s1. The third-order valence-corrected chi connectivity index (χ3v) is 14.1. The minimum absolute atomic E-state index is 0.104. The first-order valence-electron chi connectivity index (χ1n) is 22.3. The largest absolute Gasteiger partial charge is 0.466 e. The van der Waals surface area contributed by atoms with E-state index in [-0.39, 0.29) is 49.1 Å². The lowest BCUT2D eigenvalue weighted by Crippen LogP contribution is -2.61. The first-order valence-corrected chi connectivity index (χ1v) is 22.3. The third kappa shape index (κ3) is 11.6. The second-order valence-corrected chi connectivity index (χ2v) is 19.5. The molecule has 4 aliphatic rings. The van der Waals surface area contributed by atoms with Crippen molar-refractivity contribution in [3.8, 4) is 0 Å². The maximum Gasteiger partial charge on any atom is 0.311 e. The topological polar surface area (TPSA) is 206 Å². The number of esters is 2. The Kier molecular flexibility index (Phi) is 17.5. The van der Waals surface area contributed by atoms with Crippen LogP contribution in [0.4, 0.5) is 0 Å². The summed E-state index contributed by atoms with van der Waals surface area (Å²) in [4.78, 5) is 30.7. The summed E-state index contributed by atoms with van der Waals surface area (Å²) in [6.45, 7) is 20.6. The maximum atomic E-state index is 14.4. The fraction of sp³-hybridized carbons (Fsp3) is 0.955. The molecule has 0 amide bonds. The SMILES string of the molecule is CCOC(=O)[C@@H]1C[C@H]1CN(C)[C@H]1C[C@@H](C)O[C@@H](O[C@@H]2[C@@H](C)[C@H](O[C@H]3C[C@@](C)(OC)[C@@H](O)[C@H](C)O3)[C@@H](C)C(=O)O[C@H](CC)[C@@](C)(O)[C@H](O)[C@@H](C)N(C)C[C@H](C)C[C@@]2(C)O)[C@@H]1O. The molecule has 16 heteroatoms. The van der Waals surface area contributed by atoms with Gasteiger partial charge in [0.25, 0.3) is 0 Å².